The number of amides is 2. The number of benzene rings is 1. The summed E-state index contributed by atoms with van der Waals surface area (Å²) in [4.78, 5) is 23.1. The molecule has 0 saturated carbocycles. The quantitative estimate of drug-likeness (QED) is 0.560. The molecule has 0 radical (unpaired) electrons. The minimum absolute atomic E-state index is 0.0540. The van der Waals surface area contributed by atoms with Crippen LogP contribution < -0.4 is 22.1 Å². The van der Waals surface area contributed by atoms with Crippen LogP contribution in [0.25, 0.3) is 0 Å². The summed E-state index contributed by atoms with van der Waals surface area (Å²) >= 11 is 0. The largest absolute Gasteiger partial charge is 0.396 e. The molecule has 6 heteroatoms. The molecule has 1 aromatic rings. The molecule has 0 bridgehead atoms. The molecule has 1 fully saturated rings. The average molecular weight is 248 g/mol. The zero-order chi connectivity index (χ0) is 13.1. The van der Waals surface area contributed by atoms with Crippen LogP contribution in [-0.4, -0.2) is 24.9 Å². The third-order valence-corrected chi connectivity index (χ3v) is 3.06. The van der Waals surface area contributed by atoms with Crippen LogP contribution in [-0.2, 0) is 4.79 Å². The maximum Gasteiger partial charge on any atom is 0.250 e. The minimum atomic E-state index is -0.605. The number of nitrogens with one attached hydrogen (secondary N) is 2. The van der Waals surface area contributed by atoms with Crippen molar-refractivity contribution in [2.45, 2.75) is 6.42 Å². The van der Waals surface area contributed by atoms with Gasteiger partial charge in [0.1, 0.15) is 0 Å². The van der Waals surface area contributed by atoms with E-state index in [0.29, 0.717) is 12.2 Å². The Balaban J connectivity index is 2.16. The molecule has 2 rings (SSSR count). The molecule has 0 aliphatic carbocycles. The summed E-state index contributed by atoms with van der Waals surface area (Å²) in [6.07, 6.45) is 0.807. The topological polar surface area (TPSA) is 110 Å². The molecule has 18 heavy (non-hydrogen) atoms. The first-order valence-electron chi connectivity index (χ1n) is 5.79. The highest BCUT2D eigenvalue weighted by Gasteiger charge is 2.23. The summed E-state index contributed by atoms with van der Waals surface area (Å²) in [5.74, 6) is -0.749. The van der Waals surface area contributed by atoms with Crippen LogP contribution in [0.2, 0.25) is 0 Å². The van der Waals surface area contributed by atoms with Crippen molar-refractivity contribution in [1.29, 1.82) is 0 Å². The molecule has 0 aromatic heterocycles. The zero-order valence-corrected chi connectivity index (χ0v) is 9.90. The lowest BCUT2D eigenvalue weighted by atomic mass is 10.1. The molecule has 6 nitrogen and oxygen atoms in total. The highest BCUT2D eigenvalue weighted by Crippen LogP contribution is 2.23. The van der Waals surface area contributed by atoms with Gasteiger partial charge in [-0.2, -0.15) is 0 Å². The molecule has 2 amide bonds. The third-order valence-electron chi connectivity index (χ3n) is 3.06. The Hall–Kier alpha value is -2.08. The van der Waals surface area contributed by atoms with E-state index in [4.69, 9.17) is 11.5 Å². The van der Waals surface area contributed by atoms with Gasteiger partial charge in [-0.25, -0.2) is 0 Å². The van der Waals surface area contributed by atoms with Crippen LogP contribution in [0.15, 0.2) is 18.2 Å². The van der Waals surface area contributed by atoms with E-state index in [9.17, 15) is 9.59 Å². The highest BCUT2D eigenvalue weighted by atomic mass is 16.2. The van der Waals surface area contributed by atoms with E-state index in [0.717, 1.165) is 13.0 Å². The van der Waals surface area contributed by atoms with Crippen molar-refractivity contribution in [3.05, 3.63) is 23.8 Å². The standard InChI is InChI=1S/C12H16N4O2/c13-10-8(11(14)17)2-1-3-9(10)16-12(18)7-4-5-15-6-7/h1-3,7,15H,4-6,13H2,(H2,14,17)(H,16,18). The van der Waals surface area contributed by atoms with Gasteiger partial charge in [-0.05, 0) is 25.1 Å². The van der Waals surface area contributed by atoms with E-state index >= 15 is 0 Å². The van der Waals surface area contributed by atoms with Crippen molar-refractivity contribution < 1.29 is 9.59 Å². The summed E-state index contributed by atoms with van der Waals surface area (Å²) < 4.78 is 0. The minimum Gasteiger partial charge on any atom is -0.396 e. The van der Waals surface area contributed by atoms with Crippen LogP contribution >= 0.6 is 0 Å². The third kappa shape index (κ3) is 2.43. The highest BCUT2D eigenvalue weighted by molar-refractivity contribution is 6.04. The molecule has 1 heterocycles. The van der Waals surface area contributed by atoms with E-state index in [2.05, 4.69) is 10.6 Å². The number of carbonyl (C=O) groups excluding carboxylic acids is 2. The van der Waals surface area contributed by atoms with Crippen molar-refractivity contribution in [3.63, 3.8) is 0 Å². The number of rotatable bonds is 3. The van der Waals surface area contributed by atoms with Crippen LogP contribution in [0.4, 0.5) is 11.4 Å². The normalized spacial score (nSPS) is 18.6. The Morgan fingerprint density at radius 3 is 2.78 bits per heavy atom. The van der Waals surface area contributed by atoms with Crippen LogP contribution in [0.3, 0.4) is 0 Å². The lowest BCUT2D eigenvalue weighted by molar-refractivity contribution is -0.119. The smallest absolute Gasteiger partial charge is 0.250 e. The summed E-state index contributed by atoms with van der Waals surface area (Å²) in [5, 5.41) is 5.85. The first kappa shape index (κ1) is 12.4. The Bertz CT molecular complexity index is 481. The summed E-state index contributed by atoms with van der Waals surface area (Å²) in [6, 6.07) is 4.82. The van der Waals surface area contributed by atoms with Crippen molar-refractivity contribution in [1.82, 2.24) is 5.32 Å². The Morgan fingerprint density at radius 1 is 1.39 bits per heavy atom. The monoisotopic (exact) mass is 248 g/mol. The summed E-state index contributed by atoms with van der Waals surface area (Å²) in [7, 11) is 0. The van der Waals surface area contributed by atoms with Gasteiger partial charge in [0.15, 0.2) is 0 Å². The van der Waals surface area contributed by atoms with Gasteiger partial charge in [-0.3, -0.25) is 9.59 Å². The molecule has 96 valence electrons. The lowest BCUT2D eigenvalue weighted by Gasteiger charge is -2.13. The number of nitrogen functional groups attached to an aromatic ring is 1. The molecule has 1 saturated heterocycles. The zero-order valence-electron chi connectivity index (χ0n) is 9.90. The molecule has 1 aliphatic heterocycles. The Kier molecular flexibility index (Phi) is 3.47. The Labute approximate surface area is 105 Å². The number of nitrogens with two attached hydrogens (primary N) is 2. The number of anilines is 2. The summed E-state index contributed by atoms with van der Waals surface area (Å²) in [6.45, 7) is 1.51. The molecular formula is C12H16N4O2. The van der Waals surface area contributed by atoms with Gasteiger partial charge in [-0.15, -0.1) is 0 Å². The molecule has 1 atom stereocenters. The van der Waals surface area contributed by atoms with Crippen LogP contribution in [0.5, 0.6) is 0 Å². The molecule has 1 aliphatic rings. The predicted molar refractivity (Wildman–Crippen MR) is 69.0 cm³/mol. The van der Waals surface area contributed by atoms with E-state index in [1.54, 1.807) is 12.1 Å². The van der Waals surface area contributed by atoms with Gasteiger partial charge in [0.25, 0.3) is 5.91 Å². The average Bonchev–Trinajstić information content (AvgIpc) is 2.85. The van der Waals surface area contributed by atoms with Gasteiger partial charge < -0.3 is 22.1 Å². The summed E-state index contributed by atoms with van der Waals surface area (Å²) in [5.41, 5.74) is 11.9. The van der Waals surface area contributed by atoms with E-state index in [1.165, 1.54) is 6.07 Å². The van der Waals surface area contributed by atoms with Crippen LogP contribution in [0, 0.1) is 5.92 Å². The van der Waals surface area contributed by atoms with Crippen molar-refractivity contribution in [3.8, 4) is 0 Å². The number of para-hydroxylation sites is 1. The van der Waals surface area contributed by atoms with Crippen molar-refractivity contribution in [2.75, 3.05) is 24.1 Å². The van der Waals surface area contributed by atoms with E-state index in [1.807, 2.05) is 0 Å². The number of carbonyl (C=O) groups is 2. The Morgan fingerprint density at radius 2 is 2.17 bits per heavy atom. The fourth-order valence-corrected chi connectivity index (χ4v) is 2.00. The number of primary amides is 1. The number of hydrogen-bond donors (Lipinski definition) is 4. The van der Waals surface area contributed by atoms with Crippen molar-refractivity contribution in [2.24, 2.45) is 11.7 Å². The molecule has 1 unspecified atom stereocenters. The maximum absolute atomic E-state index is 11.9. The second-order valence-electron chi connectivity index (χ2n) is 4.31. The SMILES string of the molecule is NC(=O)c1cccc(NC(=O)C2CCNC2)c1N. The van der Waals surface area contributed by atoms with Gasteiger partial charge in [0.05, 0.1) is 22.9 Å². The van der Waals surface area contributed by atoms with E-state index in [-0.39, 0.29) is 23.1 Å². The molecule has 0 spiro atoms. The van der Waals surface area contributed by atoms with Gasteiger partial charge in [-0.1, -0.05) is 6.07 Å². The number of hydrogen-bond acceptors (Lipinski definition) is 4. The first-order valence-corrected chi connectivity index (χ1v) is 5.79. The van der Waals surface area contributed by atoms with Gasteiger partial charge in [0.2, 0.25) is 5.91 Å². The van der Waals surface area contributed by atoms with Crippen molar-refractivity contribution >= 4 is 23.2 Å². The lowest BCUT2D eigenvalue weighted by Crippen LogP contribution is -2.25. The molecular weight excluding hydrogens is 232 g/mol. The second-order valence-corrected chi connectivity index (χ2v) is 4.31. The van der Waals surface area contributed by atoms with Gasteiger partial charge in [0, 0.05) is 6.54 Å². The predicted octanol–water partition coefficient (Wildman–Crippen LogP) is -0.0843. The fourth-order valence-electron chi connectivity index (χ4n) is 2.00. The van der Waals surface area contributed by atoms with Crippen LogP contribution in [0.1, 0.15) is 16.8 Å². The maximum atomic E-state index is 11.9. The van der Waals surface area contributed by atoms with E-state index < -0.39 is 5.91 Å². The molecule has 6 N–H and O–H groups in total. The molecule has 1 aromatic carbocycles. The first-order chi connectivity index (χ1) is 8.59. The fraction of sp³-hybridized carbons (Fsp3) is 0.333. The second kappa shape index (κ2) is 5.05. The van der Waals surface area contributed by atoms with Gasteiger partial charge >= 0.3 is 0 Å².